The van der Waals surface area contributed by atoms with Crippen molar-refractivity contribution >= 4 is 35.0 Å². The van der Waals surface area contributed by atoms with Crippen LogP contribution in [0.2, 0.25) is 0 Å². The minimum atomic E-state index is -0.541. The SMILES string of the molecule is CC(N)OC(=N)c1cccc(N/C=C\C(=N)N(C)C2CCN(CC(O)c3ccccc3)CC2)c1.O=Cc1cccs1. The molecule has 3 aromatic rings. The first-order chi connectivity index (χ1) is 19.8. The van der Waals surface area contributed by atoms with E-state index in [1.807, 2.05) is 71.9 Å². The molecule has 1 aliphatic rings. The van der Waals surface area contributed by atoms with Crippen molar-refractivity contribution in [3.05, 3.63) is 100 Å². The average molecular weight is 577 g/mol. The molecule has 1 aromatic heterocycles. The van der Waals surface area contributed by atoms with E-state index in [0.717, 1.165) is 48.3 Å². The first-order valence-electron chi connectivity index (χ1n) is 13.6. The molecule has 2 atom stereocenters. The number of likely N-dealkylation sites (tertiary alicyclic amines) is 1. The fraction of sp³-hybridized carbons (Fsp3) is 0.323. The fourth-order valence-electron chi connectivity index (χ4n) is 4.41. The van der Waals surface area contributed by atoms with E-state index in [1.165, 1.54) is 11.3 Å². The largest absolute Gasteiger partial charge is 0.459 e. The highest BCUT2D eigenvalue weighted by molar-refractivity contribution is 7.11. The van der Waals surface area contributed by atoms with E-state index < -0.39 is 12.3 Å². The van der Waals surface area contributed by atoms with Crippen molar-refractivity contribution in [2.45, 2.75) is 38.1 Å². The first kappa shape index (κ1) is 31.7. The van der Waals surface area contributed by atoms with Gasteiger partial charge in [-0.15, -0.1) is 11.3 Å². The molecule has 6 N–H and O–H groups in total. The summed E-state index contributed by atoms with van der Waals surface area (Å²) in [6.45, 7) is 4.11. The van der Waals surface area contributed by atoms with Crippen LogP contribution in [-0.4, -0.2) is 71.9 Å². The number of anilines is 1. The predicted molar refractivity (Wildman–Crippen MR) is 167 cm³/mol. The molecule has 0 bridgehead atoms. The van der Waals surface area contributed by atoms with Crippen molar-refractivity contribution in [2.24, 2.45) is 5.73 Å². The molecule has 2 aromatic carbocycles. The molecule has 41 heavy (non-hydrogen) atoms. The maximum absolute atomic E-state index is 10.5. The molecule has 1 aliphatic heterocycles. The number of aldehydes is 1. The van der Waals surface area contributed by atoms with E-state index in [9.17, 15) is 9.90 Å². The number of β-amino-alcohol motifs (C(OH)–C–C–N with tert-alkyl or cyclic N) is 1. The van der Waals surface area contributed by atoms with Gasteiger partial charge in [-0.25, -0.2) is 0 Å². The number of amidine groups is 1. The molecular weight excluding hydrogens is 536 g/mol. The van der Waals surface area contributed by atoms with Gasteiger partial charge in [0.15, 0.2) is 6.29 Å². The third-order valence-electron chi connectivity index (χ3n) is 6.68. The van der Waals surface area contributed by atoms with Gasteiger partial charge in [0.25, 0.3) is 0 Å². The molecule has 10 heteroatoms. The molecule has 9 nitrogen and oxygen atoms in total. The van der Waals surface area contributed by atoms with E-state index in [0.29, 0.717) is 24.0 Å². The van der Waals surface area contributed by atoms with Crippen LogP contribution in [0.5, 0.6) is 0 Å². The summed E-state index contributed by atoms with van der Waals surface area (Å²) in [5.41, 5.74) is 7.97. The number of aliphatic hydroxyl groups excluding tert-OH is 1. The number of rotatable bonds is 10. The number of likely N-dealkylation sites (N-methyl/N-ethyl adjacent to an activating group) is 1. The monoisotopic (exact) mass is 576 g/mol. The molecule has 218 valence electrons. The van der Waals surface area contributed by atoms with E-state index in [4.69, 9.17) is 21.3 Å². The molecular formula is C31H40N6O3S. The van der Waals surface area contributed by atoms with E-state index in [2.05, 4.69) is 10.2 Å². The normalized spacial score (nSPS) is 15.3. The number of hydrogen-bond donors (Lipinski definition) is 5. The minimum absolute atomic E-state index is 0.0257. The number of benzene rings is 2. The molecule has 1 fully saturated rings. The summed E-state index contributed by atoms with van der Waals surface area (Å²) in [5.74, 6) is 0.456. The van der Waals surface area contributed by atoms with Crippen LogP contribution in [0, 0.1) is 10.8 Å². The molecule has 0 spiro atoms. The number of hydrogen-bond acceptors (Lipinski definition) is 9. The van der Waals surface area contributed by atoms with Crippen LogP contribution in [0.4, 0.5) is 5.69 Å². The smallest absolute Gasteiger partial charge is 0.214 e. The van der Waals surface area contributed by atoms with Crippen LogP contribution in [0.25, 0.3) is 0 Å². The van der Waals surface area contributed by atoms with Gasteiger partial charge in [0.2, 0.25) is 5.90 Å². The molecule has 2 unspecified atom stereocenters. The zero-order valence-corrected chi connectivity index (χ0v) is 24.4. The van der Waals surface area contributed by atoms with Crippen LogP contribution in [0.15, 0.2) is 84.4 Å². The summed E-state index contributed by atoms with van der Waals surface area (Å²) < 4.78 is 5.24. The third-order valence-corrected chi connectivity index (χ3v) is 7.48. The van der Waals surface area contributed by atoms with Gasteiger partial charge in [-0.2, -0.15) is 0 Å². The Balaban J connectivity index is 0.000000575. The average Bonchev–Trinajstić information content (AvgIpc) is 3.52. The lowest BCUT2D eigenvalue weighted by Gasteiger charge is -2.38. The Bertz CT molecular complexity index is 1260. The Hall–Kier alpha value is -3.83. The van der Waals surface area contributed by atoms with Crippen LogP contribution in [0.3, 0.4) is 0 Å². The maximum atomic E-state index is 10.5. The van der Waals surface area contributed by atoms with Gasteiger partial charge >= 0.3 is 0 Å². The number of nitrogens with two attached hydrogens (primary N) is 1. The highest BCUT2D eigenvalue weighted by Gasteiger charge is 2.24. The van der Waals surface area contributed by atoms with Gasteiger partial charge in [0.05, 0.1) is 11.0 Å². The van der Waals surface area contributed by atoms with Crippen molar-refractivity contribution in [2.75, 3.05) is 32.0 Å². The Kier molecular flexibility index (Phi) is 12.7. The molecule has 0 radical (unpaired) electrons. The van der Waals surface area contributed by atoms with Crippen LogP contribution < -0.4 is 11.1 Å². The number of carbonyl (C=O) groups is 1. The Morgan fingerprint density at radius 1 is 1.17 bits per heavy atom. The Morgan fingerprint density at radius 2 is 1.90 bits per heavy atom. The van der Waals surface area contributed by atoms with Crippen molar-refractivity contribution < 1.29 is 14.6 Å². The van der Waals surface area contributed by atoms with E-state index in [1.54, 1.807) is 31.3 Å². The van der Waals surface area contributed by atoms with Gasteiger partial charge in [0, 0.05) is 50.2 Å². The number of nitrogens with one attached hydrogen (secondary N) is 3. The predicted octanol–water partition coefficient (Wildman–Crippen LogP) is 4.93. The number of carbonyl (C=O) groups excluding carboxylic acids is 1. The lowest BCUT2D eigenvalue weighted by Crippen LogP contribution is -2.45. The van der Waals surface area contributed by atoms with Crippen LogP contribution in [0.1, 0.15) is 46.7 Å². The molecule has 1 saturated heterocycles. The molecule has 2 heterocycles. The summed E-state index contributed by atoms with van der Waals surface area (Å²) in [4.78, 5) is 15.0. The number of nitrogens with zero attached hydrogens (tertiary/aromatic N) is 2. The second-order valence-electron chi connectivity index (χ2n) is 9.80. The lowest BCUT2D eigenvalue weighted by molar-refractivity contribution is 0.0858. The van der Waals surface area contributed by atoms with Crippen molar-refractivity contribution in [3.63, 3.8) is 0 Å². The quantitative estimate of drug-likeness (QED) is 0.0999. The van der Waals surface area contributed by atoms with Gasteiger partial charge in [-0.05, 0) is 61.1 Å². The number of thiophene rings is 1. The summed E-state index contributed by atoms with van der Waals surface area (Å²) in [5, 5.41) is 31.9. The van der Waals surface area contributed by atoms with Gasteiger partial charge < -0.3 is 25.0 Å². The summed E-state index contributed by atoms with van der Waals surface area (Å²) in [6, 6.07) is 21.0. The van der Waals surface area contributed by atoms with Gasteiger partial charge in [0.1, 0.15) is 12.1 Å². The van der Waals surface area contributed by atoms with Crippen molar-refractivity contribution in [3.8, 4) is 0 Å². The highest BCUT2D eigenvalue weighted by Crippen LogP contribution is 2.20. The second kappa shape index (κ2) is 16.4. The van der Waals surface area contributed by atoms with Crippen LogP contribution >= 0.6 is 11.3 Å². The molecule has 0 amide bonds. The maximum Gasteiger partial charge on any atom is 0.214 e. The fourth-order valence-corrected chi connectivity index (χ4v) is 4.93. The molecule has 0 aliphatic carbocycles. The number of piperidine rings is 1. The van der Waals surface area contributed by atoms with Crippen molar-refractivity contribution in [1.82, 2.24) is 9.80 Å². The number of ether oxygens (including phenoxy) is 1. The zero-order chi connectivity index (χ0) is 29.6. The Morgan fingerprint density at radius 3 is 2.51 bits per heavy atom. The summed E-state index contributed by atoms with van der Waals surface area (Å²) in [7, 11) is 1.96. The van der Waals surface area contributed by atoms with E-state index >= 15 is 0 Å². The topological polar surface area (TPSA) is 139 Å². The molecule has 4 rings (SSSR count). The summed E-state index contributed by atoms with van der Waals surface area (Å²) in [6.07, 6.45) is 5.21. The Labute approximate surface area is 246 Å². The minimum Gasteiger partial charge on any atom is -0.459 e. The lowest BCUT2D eigenvalue weighted by atomic mass is 10.0. The van der Waals surface area contributed by atoms with Gasteiger partial charge in [-0.3, -0.25) is 21.3 Å². The highest BCUT2D eigenvalue weighted by atomic mass is 32.1. The number of aliphatic hydroxyl groups is 1. The van der Waals surface area contributed by atoms with Gasteiger partial charge in [-0.1, -0.05) is 42.5 Å². The van der Waals surface area contributed by atoms with E-state index in [-0.39, 0.29) is 5.90 Å². The third kappa shape index (κ3) is 10.6. The van der Waals surface area contributed by atoms with Crippen LogP contribution in [-0.2, 0) is 4.74 Å². The van der Waals surface area contributed by atoms with Crippen molar-refractivity contribution in [1.29, 1.82) is 10.8 Å². The standard InChI is InChI=1S/C26H36N6O2.C5H4OS/c1-19(27)34-26(29)21-9-6-10-22(17-21)30-14-11-25(28)31(2)23-12-15-32(16-13-23)18-24(33)20-7-4-3-5-8-20;6-4-5-2-1-3-7-5/h3-11,14,17,19,23-24,28-30,33H,12-13,15-16,18,27H2,1-2H3;1-4H/b14-11-,28-25?,29-26?;. The second-order valence-corrected chi connectivity index (χ2v) is 10.8. The zero-order valence-electron chi connectivity index (χ0n) is 23.6. The summed E-state index contributed by atoms with van der Waals surface area (Å²) >= 11 is 1.45. The first-order valence-corrected chi connectivity index (χ1v) is 14.4. The molecule has 0 saturated carbocycles.